The van der Waals surface area contributed by atoms with Crippen LogP contribution in [0.2, 0.25) is 0 Å². The average Bonchev–Trinajstić information content (AvgIpc) is 2.44. The topological polar surface area (TPSA) is 62.7 Å². The zero-order valence-corrected chi connectivity index (χ0v) is 12.9. The Kier molecular flexibility index (Phi) is 4.37. The molecule has 1 aliphatic heterocycles. The van der Waals surface area contributed by atoms with Gasteiger partial charge in [0.05, 0.1) is 0 Å². The summed E-state index contributed by atoms with van der Waals surface area (Å²) in [5.74, 6) is -3.25. The third-order valence-electron chi connectivity index (χ3n) is 3.23. The Labute approximate surface area is 127 Å². The molecule has 22 heavy (non-hydrogen) atoms. The molecule has 1 N–H and O–H groups in total. The number of aliphatic hydroxyl groups excluding tert-OH is 1. The second-order valence-electron chi connectivity index (χ2n) is 6.28. The number of carbonyl (C=O) groups is 1. The van der Waals surface area contributed by atoms with Gasteiger partial charge in [-0.2, -0.15) is 8.78 Å². The molecule has 1 aromatic rings. The fourth-order valence-corrected chi connectivity index (χ4v) is 2.22. The monoisotopic (exact) mass is 314 g/mol. The molecule has 1 aliphatic rings. The van der Waals surface area contributed by atoms with E-state index in [0.717, 1.165) is 5.56 Å². The highest BCUT2D eigenvalue weighted by Crippen LogP contribution is 2.32. The van der Waals surface area contributed by atoms with E-state index in [4.69, 9.17) is 9.84 Å². The highest BCUT2D eigenvalue weighted by molar-refractivity contribution is 5.88. The number of aryl methyl sites for hydroxylation is 1. The van der Waals surface area contributed by atoms with Gasteiger partial charge in [0.25, 0.3) is 0 Å². The first-order valence-electron chi connectivity index (χ1n) is 7.14. The van der Waals surface area contributed by atoms with Crippen molar-refractivity contribution in [1.29, 1.82) is 0 Å². The molecule has 2 heterocycles. The highest BCUT2D eigenvalue weighted by atomic mass is 19.3. The lowest BCUT2D eigenvalue weighted by molar-refractivity contribution is -0.0592. The van der Waals surface area contributed by atoms with Gasteiger partial charge >= 0.3 is 12.0 Å². The van der Waals surface area contributed by atoms with Gasteiger partial charge in [0.15, 0.2) is 0 Å². The van der Waals surface area contributed by atoms with Gasteiger partial charge in [-0.1, -0.05) is 6.07 Å². The number of ether oxygens (including phenoxy) is 1. The Morgan fingerprint density at radius 2 is 2.09 bits per heavy atom. The van der Waals surface area contributed by atoms with E-state index < -0.39 is 29.9 Å². The molecular formula is C15H20F2N2O3. The maximum atomic E-state index is 13.6. The van der Waals surface area contributed by atoms with Gasteiger partial charge in [0.2, 0.25) is 0 Å². The van der Waals surface area contributed by atoms with E-state index in [1.54, 1.807) is 20.8 Å². The van der Waals surface area contributed by atoms with Crippen LogP contribution in [0, 0.1) is 0 Å². The van der Waals surface area contributed by atoms with Gasteiger partial charge in [-0.25, -0.2) is 9.78 Å². The lowest BCUT2D eigenvalue weighted by atomic mass is 10.0. The number of amides is 1. The molecule has 0 saturated heterocycles. The molecule has 1 amide bonds. The number of alkyl halides is 2. The number of pyridine rings is 1. The maximum Gasteiger partial charge on any atom is 0.416 e. The molecule has 0 radical (unpaired) electrons. The van der Waals surface area contributed by atoms with Crippen LogP contribution < -0.4 is 4.90 Å². The first-order valence-corrected chi connectivity index (χ1v) is 7.14. The number of fused-ring (bicyclic) bond motifs is 1. The number of halogens is 2. The summed E-state index contributed by atoms with van der Waals surface area (Å²) in [7, 11) is 0. The molecule has 0 atom stereocenters. The van der Waals surface area contributed by atoms with E-state index in [-0.39, 0.29) is 5.82 Å². The first-order chi connectivity index (χ1) is 10.1. The van der Waals surface area contributed by atoms with Gasteiger partial charge < -0.3 is 9.84 Å². The van der Waals surface area contributed by atoms with Gasteiger partial charge in [-0.05, 0) is 45.2 Å². The lowest BCUT2D eigenvalue weighted by Crippen LogP contribution is -2.40. The third-order valence-corrected chi connectivity index (χ3v) is 3.23. The minimum atomic E-state index is -3.44. The first kappa shape index (κ1) is 16.6. The second kappa shape index (κ2) is 5.79. The zero-order chi connectivity index (χ0) is 16.5. The van der Waals surface area contributed by atoms with E-state index in [1.165, 1.54) is 17.0 Å². The van der Waals surface area contributed by atoms with Crippen LogP contribution >= 0.6 is 0 Å². The van der Waals surface area contributed by atoms with Crippen LogP contribution in [-0.2, 0) is 17.1 Å². The summed E-state index contributed by atoms with van der Waals surface area (Å²) in [6, 6.07) is 2.71. The summed E-state index contributed by atoms with van der Waals surface area (Å²) in [5.41, 5.74) is -0.514. The largest absolute Gasteiger partial charge is 0.443 e. The molecule has 0 aromatic carbocycles. The van der Waals surface area contributed by atoms with Crippen molar-refractivity contribution in [3.05, 3.63) is 23.4 Å². The van der Waals surface area contributed by atoms with Crippen LogP contribution in [0.15, 0.2) is 12.1 Å². The smallest absolute Gasteiger partial charge is 0.416 e. The van der Waals surface area contributed by atoms with E-state index in [9.17, 15) is 13.6 Å². The summed E-state index contributed by atoms with van der Waals surface area (Å²) in [4.78, 5) is 17.4. The lowest BCUT2D eigenvalue weighted by Gasteiger charge is -2.31. The molecule has 2 rings (SSSR count). The van der Waals surface area contributed by atoms with Gasteiger partial charge in [-0.3, -0.25) is 4.90 Å². The Bertz CT molecular complexity index is 570. The zero-order valence-electron chi connectivity index (χ0n) is 12.9. The molecule has 0 unspecified atom stereocenters. The Hall–Kier alpha value is -1.76. The number of aromatic nitrogens is 1. The number of hydrogen-bond acceptors (Lipinski definition) is 4. The summed E-state index contributed by atoms with van der Waals surface area (Å²) < 4.78 is 32.5. The van der Waals surface area contributed by atoms with Gasteiger partial charge in [0.1, 0.15) is 23.7 Å². The van der Waals surface area contributed by atoms with Crippen molar-refractivity contribution in [3.8, 4) is 0 Å². The highest BCUT2D eigenvalue weighted by Gasteiger charge is 2.35. The molecule has 5 nitrogen and oxygen atoms in total. The molecule has 0 fully saturated rings. The van der Waals surface area contributed by atoms with Gasteiger partial charge in [0, 0.05) is 6.54 Å². The van der Waals surface area contributed by atoms with Gasteiger partial charge in [-0.15, -0.1) is 0 Å². The predicted molar refractivity (Wildman–Crippen MR) is 77.1 cm³/mol. The SMILES string of the molecule is CC(C)(C)OC(=O)N1CCCc2ccc(C(F)(F)CO)nc21. The minimum absolute atomic E-state index is 0.186. The van der Waals surface area contributed by atoms with Crippen molar-refractivity contribution in [1.82, 2.24) is 4.98 Å². The van der Waals surface area contributed by atoms with Crippen LogP contribution in [0.4, 0.5) is 19.4 Å². The van der Waals surface area contributed by atoms with Crippen LogP contribution in [0.3, 0.4) is 0 Å². The summed E-state index contributed by atoms with van der Waals surface area (Å²) in [5, 5.41) is 8.78. The third kappa shape index (κ3) is 3.52. The van der Waals surface area contributed by atoms with Crippen LogP contribution in [0.1, 0.15) is 38.4 Å². The van der Waals surface area contributed by atoms with E-state index >= 15 is 0 Å². The van der Waals surface area contributed by atoms with E-state index in [1.807, 2.05) is 0 Å². The Morgan fingerprint density at radius 3 is 2.68 bits per heavy atom. The van der Waals surface area contributed by atoms with Crippen LogP contribution in [-0.4, -0.2) is 34.9 Å². The summed E-state index contributed by atoms with van der Waals surface area (Å²) in [6.07, 6.45) is 0.765. The van der Waals surface area contributed by atoms with Crippen LogP contribution in [0.5, 0.6) is 0 Å². The van der Waals surface area contributed by atoms with Crippen LogP contribution in [0.25, 0.3) is 0 Å². The standard InChI is InChI=1S/C15H20F2N2O3/c1-14(2,3)22-13(21)19-8-4-5-10-6-7-11(18-12(10)19)15(16,17)9-20/h6-7,20H,4-5,8-9H2,1-3H3. The minimum Gasteiger partial charge on any atom is -0.443 e. The summed E-state index contributed by atoms with van der Waals surface area (Å²) in [6.45, 7) is 4.24. The molecule has 122 valence electrons. The molecule has 0 spiro atoms. The summed E-state index contributed by atoms with van der Waals surface area (Å²) >= 11 is 0. The molecule has 7 heteroatoms. The number of anilines is 1. The number of rotatable bonds is 2. The molecular weight excluding hydrogens is 294 g/mol. The Balaban J connectivity index is 2.36. The quantitative estimate of drug-likeness (QED) is 0.912. The number of carbonyl (C=O) groups excluding carboxylic acids is 1. The van der Waals surface area contributed by atoms with E-state index in [2.05, 4.69) is 4.98 Å². The van der Waals surface area contributed by atoms with Crippen molar-refractivity contribution >= 4 is 11.9 Å². The molecule has 1 aromatic heterocycles. The second-order valence-corrected chi connectivity index (χ2v) is 6.28. The maximum absolute atomic E-state index is 13.6. The molecule has 0 saturated carbocycles. The molecule has 0 bridgehead atoms. The molecule has 0 aliphatic carbocycles. The number of hydrogen-bond donors (Lipinski definition) is 1. The normalized spacial score (nSPS) is 15.5. The number of nitrogens with zero attached hydrogens (tertiary/aromatic N) is 2. The fraction of sp³-hybridized carbons (Fsp3) is 0.600. The Morgan fingerprint density at radius 1 is 1.41 bits per heavy atom. The van der Waals surface area contributed by atoms with Crippen molar-refractivity contribution in [2.75, 3.05) is 18.1 Å². The van der Waals surface area contributed by atoms with Crippen molar-refractivity contribution < 1.29 is 23.4 Å². The van der Waals surface area contributed by atoms with Crippen molar-refractivity contribution in [2.45, 2.75) is 45.1 Å². The van der Waals surface area contributed by atoms with E-state index in [0.29, 0.717) is 19.4 Å². The average molecular weight is 314 g/mol. The number of aliphatic hydroxyl groups is 1. The van der Waals surface area contributed by atoms with Crippen molar-refractivity contribution in [3.63, 3.8) is 0 Å². The van der Waals surface area contributed by atoms with Crippen molar-refractivity contribution in [2.24, 2.45) is 0 Å². The predicted octanol–water partition coefficient (Wildman–Crippen LogP) is 2.85. The fourth-order valence-electron chi connectivity index (χ4n) is 2.22.